The smallest absolute Gasteiger partial charge is 0.269 e. The highest BCUT2D eigenvalue weighted by Gasteiger charge is 2.01. The van der Waals surface area contributed by atoms with Crippen LogP contribution < -0.4 is 5.73 Å². The molecule has 1 radical (unpaired) electrons. The molecule has 1 amide bonds. The molecule has 0 unspecified atom stereocenters. The summed E-state index contributed by atoms with van der Waals surface area (Å²) in [6.45, 7) is 0. The van der Waals surface area contributed by atoms with E-state index in [1.54, 1.807) is 13.2 Å². The minimum atomic E-state index is -0.546. The average Bonchev–Trinajstić information content (AvgIpc) is 2.14. The van der Waals surface area contributed by atoms with Gasteiger partial charge in [0, 0.05) is 19.3 Å². The summed E-state index contributed by atoms with van der Waals surface area (Å²) in [7, 11) is 1.70. The Balaban J connectivity index is 2.98. The first-order valence-corrected chi connectivity index (χ1v) is 2.41. The third-order valence-corrected chi connectivity index (χ3v) is 0.879. The minimum Gasteiger partial charge on any atom is -0.364 e. The first-order chi connectivity index (χ1) is 4.20. The molecule has 0 aliphatic heterocycles. The number of hydrogen-bond acceptors (Lipinski definition) is 2. The third kappa shape index (κ3) is 1.07. The van der Waals surface area contributed by atoms with Crippen molar-refractivity contribution in [2.45, 2.75) is 0 Å². The molecule has 0 aromatic carbocycles. The van der Waals surface area contributed by atoms with E-state index in [0.717, 1.165) is 0 Å². The Hall–Kier alpha value is -1.32. The predicted octanol–water partition coefficient (Wildman–Crippen LogP) is -0.681. The summed E-state index contributed by atoms with van der Waals surface area (Å²) in [5, 5.41) is 3.70. The number of aryl methyl sites for hydroxylation is 1. The van der Waals surface area contributed by atoms with E-state index >= 15 is 0 Å². The Morgan fingerprint density at radius 3 is 2.89 bits per heavy atom. The van der Waals surface area contributed by atoms with E-state index in [2.05, 4.69) is 11.2 Å². The topological polar surface area (TPSA) is 60.9 Å². The second-order valence-corrected chi connectivity index (χ2v) is 1.66. The maximum atomic E-state index is 10.3. The summed E-state index contributed by atoms with van der Waals surface area (Å²) in [5.41, 5.74) is 5.06. The molecular formula is C5H6N3O. The number of hydrogen-bond donors (Lipinski definition) is 1. The summed E-state index contributed by atoms with van der Waals surface area (Å²) in [6.07, 6.45) is 1.54. The van der Waals surface area contributed by atoms with Crippen molar-refractivity contribution in [3.05, 3.63) is 18.0 Å². The predicted molar refractivity (Wildman–Crippen MR) is 30.6 cm³/mol. The van der Waals surface area contributed by atoms with Crippen LogP contribution in [-0.4, -0.2) is 15.7 Å². The number of amides is 1. The molecule has 0 spiro atoms. The van der Waals surface area contributed by atoms with E-state index in [1.807, 2.05) is 0 Å². The lowest BCUT2D eigenvalue weighted by molar-refractivity contribution is 0.0994. The lowest BCUT2D eigenvalue weighted by Gasteiger charge is -1.83. The molecule has 1 rings (SSSR count). The zero-order valence-electron chi connectivity index (χ0n) is 4.96. The van der Waals surface area contributed by atoms with Crippen LogP contribution in [0, 0.1) is 6.07 Å². The summed E-state index contributed by atoms with van der Waals surface area (Å²) in [5.74, 6) is -0.546. The second-order valence-electron chi connectivity index (χ2n) is 1.66. The van der Waals surface area contributed by atoms with Crippen molar-refractivity contribution < 1.29 is 4.79 Å². The van der Waals surface area contributed by atoms with E-state index in [1.165, 1.54) is 4.68 Å². The number of nitrogens with zero attached hydrogens (tertiary/aromatic N) is 2. The van der Waals surface area contributed by atoms with Crippen molar-refractivity contribution in [1.82, 2.24) is 9.78 Å². The number of carbonyl (C=O) groups is 1. The highest BCUT2D eigenvalue weighted by Crippen LogP contribution is 1.88. The van der Waals surface area contributed by atoms with Crippen molar-refractivity contribution in [3.8, 4) is 0 Å². The van der Waals surface area contributed by atoms with Crippen molar-refractivity contribution in [2.24, 2.45) is 12.8 Å². The molecule has 0 bridgehead atoms. The first-order valence-electron chi connectivity index (χ1n) is 2.41. The van der Waals surface area contributed by atoms with E-state index < -0.39 is 5.91 Å². The van der Waals surface area contributed by atoms with E-state index in [4.69, 9.17) is 5.73 Å². The van der Waals surface area contributed by atoms with Gasteiger partial charge in [-0.3, -0.25) is 9.48 Å². The second kappa shape index (κ2) is 1.89. The van der Waals surface area contributed by atoms with E-state index in [9.17, 15) is 4.79 Å². The largest absolute Gasteiger partial charge is 0.364 e. The van der Waals surface area contributed by atoms with Gasteiger partial charge in [-0.1, -0.05) is 0 Å². The van der Waals surface area contributed by atoms with Gasteiger partial charge in [-0.05, 0) is 0 Å². The molecule has 0 saturated carbocycles. The van der Waals surface area contributed by atoms with Gasteiger partial charge >= 0.3 is 0 Å². The molecule has 4 nitrogen and oxygen atoms in total. The molecule has 1 aromatic rings. The standard InChI is InChI=1S/C5H6N3O/c1-8-3-2-4(7-8)5(6)9/h3H,1H3,(H2,6,9). The van der Waals surface area contributed by atoms with Crippen LogP contribution in [-0.2, 0) is 7.05 Å². The minimum absolute atomic E-state index is 0.178. The summed E-state index contributed by atoms with van der Waals surface area (Å²) < 4.78 is 1.47. The number of primary amides is 1. The van der Waals surface area contributed by atoms with Crippen LogP contribution in [0.15, 0.2) is 6.20 Å². The molecular weight excluding hydrogens is 118 g/mol. The molecule has 0 aliphatic rings. The maximum absolute atomic E-state index is 10.3. The molecule has 1 aromatic heterocycles. The van der Waals surface area contributed by atoms with Gasteiger partial charge in [-0.2, -0.15) is 5.10 Å². The lowest BCUT2D eigenvalue weighted by atomic mass is 10.4. The van der Waals surface area contributed by atoms with Crippen LogP contribution in [0.25, 0.3) is 0 Å². The number of rotatable bonds is 1. The molecule has 4 heteroatoms. The Bertz CT molecular complexity index is 228. The molecule has 0 fully saturated rings. The Labute approximate surface area is 52.3 Å². The lowest BCUT2D eigenvalue weighted by Crippen LogP contribution is -2.12. The first kappa shape index (κ1) is 5.81. The third-order valence-electron chi connectivity index (χ3n) is 0.879. The van der Waals surface area contributed by atoms with Gasteiger partial charge in [0.1, 0.15) is 0 Å². The fourth-order valence-electron chi connectivity index (χ4n) is 0.490. The number of carbonyl (C=O) groups excluding carboxylic acids is 1. The number of aromatic nitrogens is 2. The van der Waals surface area contributed by atoms with E-state index in [-0.39, 0.29) is 5.69 Å². The molecule has 1 heterocycles. The van der Waals surface area contributed by atoms with Crippen molar-refractivity contribution in [1.29, 1.82) is 0 Å². The van der Waals surface area contributed by atoms with Crippen LogP contribution in [0.1, 0.15) is 10.5 Å². The van der Waals surface area contributed by atoms with Gasteiger partial charge in [0.15, 0.2) is 5.69 Å². The maximum Gasteiger partial charge on any atom is 0.269 e. The summed E-state index contributed by atoms with van der Waals surface area (Å²) in [4.78, 5) is 10.3. The fourth-order valence-corrected chi connectivity index (χ4v) is 0.490. The molecule has 0 atom stereocenters. The molecule has 47 valence electrons. The van der Waals surface area contributed by atoms with Gasteiger partial charge in [0.2, 0.25) is 0 Å². The highest BCUT2D eigenvalue weighted by atomic mass is 16.1. The Morgan fingerprint density at radius 2 is 2.67 bits per heavy atom. The fraction of sp³-hybridized carbons (Fsp3) is 0.200. The SMILES string of the molecule is Cn1c[c]c(C(N)=O)n1. The normalized spacial score (nSPS) is 9.44. The zero-order chi connectivity index (χ0) is 6.85. The molecule has 0 aliphatic carbocycles. The van der Waals surface area contributed by atoms with Gasteiger partial charge in [-0.25, -0.2) is 0 Å². The highest BCUT2D eigenvalue weighted by molar-refractivity contribution is 5.90. The van der Waals surface area contributed by atoms with Gasteiger partial charge in [0.05, 0.1) is 0 Å². The molecule has 9 heavy (non-hydrogen) atoms. The van der Waals surface area contributed by atoms with Crippen LogP contribution in [0.2, 0.25) is 0 Å². The Kier molecular flexibility index (Phi) is 1.22. The van der Waals surface area contributed by atoms with Gasteiger partial charge in [0.25, 0.3) is 5.91 Å². The van der Waals surface area contributed by atoms with Gasteiger partial charge < -0.3 is 5.73 Å². The van der Waals surface area contributed by atoms with Crippen molar-refractivity contribution in [3.63, 3.8) is 0 Å². The summed E-state index contributed by atoms with van der Waals surface area (Å²) >= 11 is 0. The van der Waals surface area contributed by atoms with Crippen LogP contribution in [0.5, 0.6) is 0 Å². The van der Waals surface area contributed by atoms with Crippen LogP contribution in [0.4, 0.5) is 0 Å². The average molecular weight is 124 g/mol. The summed E-state index contributed by atoms with van der Waals surface area (Å²) in [6, 6.07) is 2.58. The van der Waals surface area contributed by atoms with Crippen LogP contribution in [0.3, 0.4) is 0 Å². The Morgan fingerprint density at radius 1 is 2.00 bits per heavy atom. The van der Waals surface area contributed by atoms with E-state index in [0.29, 0.717) is 0 Å². The number of nitrogens with two attached hydrogens (primary N) is 1. The quantitative estimate of drug-likeness (QED) is 0.539. The van der Waals surface area contributed by atoms with Gasteiger partial charge in [-0.15, -0.1) is 0 Å². The molecule has 2 N–H and O–H groups in total. The molecule has 0 saturated heterocycles. The zero-order valence-corrected chi connectivity index (χ0v) is 4.96. The monoisotopic (exact) mass is 124 g/mol. The van der Waals surface area contributed by atoms with Crippen molar-refractivity contribution in [2.75, 3.05) is 0 Å². The van der Waals surface area contributed by atoms with Crippen LogP contribution >= 0.6 is 0 Å². The van der Waals surface area contributed by atoms with Crippen molar-refractivity contribution >= 4 is 5.91 Å².